The Kier molecular flexibility index (Phi) is 7.97. The van der Waals surface area contributed by atoms with Crippen molar-refractivity contribution in [3.63, 3.8) is 0 Å². The fraction of sp³-hybridized carbons (Fsp3) is 0.412. The second kappa shape index (κ2) is 12.0. The van der Waals surface area contributed by atoms with Gasteiger partial charge in [0, 0.05) is 12.1 Å². The lowest BCUT2D eigenvalue weighted by molar-refractivity contribution is -0.0284. The average Bonchev–Trinajstić information content (AvgIpc) is 3.04. The Labute approximate surface area is 277 Å². The summed E-state index contributed by atoms with van der Waals surface area (Å²) in [4.78, 5) is 16.3. The lowest BCUT2D eigenvalue weighted by atomic mass is 9.41. The molecule has 10 nitrogen and oxygen atoms in total. The molecule has 4 fully saturated rings. The van der Waals surface area contributed by atoms with Crippen LogP contribution in [0.5, 0.6) is 46.3 Å². The zero-order valence-electron chi connectivity index (χ0n) is 26.0. The molecule has 2 heterocycles. The molecule has 0 spiro atoms. The second-order valence-corrected chi connectivity index (χ2v) is 13.3. The smallest absolute Gasteiger partial charge is 0.224 e. The normalized spacial score (nSPS) is 24.4. The van der Waals surface area contributed by atoms with Crippen molar-refractivity contribution < 1.29 is 28.4 Å². The van der Waals surface area contributed by atoms with Crippen molar-refractivity contribution >= 4 is 23.2 Å². The summed E-state index contributed by atoms with van der Waals surface area (Å²) >= 11 is 12.2. The molecule has 0 atom stereocenters. The molecule has 4 aliphatic rings. The van der Waals surface area contributed by atoms with Crippen LogP contribution in [0, 0.1) is 11.8 Å². The lowest BCUT2D eigenvalue weighted by Crippen LogP contribution is -2.55. The van der Waals surface area contributed by atoms with Gasteiger partial charge in [-0.2, -0.15) is 0 Å². The molecule has 0 aliphatic heterocycles. The highest BCUT2D eigenvalue weighted by atomic mass is 35.5. The molecule has 4 saturated carbocycles. The van der Waals surface area contributed by atoms with Gasteiger partial charge in [0.1, 0.15) is 23.0 Å². The summed E-state index contributed by atoms with van der Waals surface area (Å²) in [6, 6.07) is 11.5. The monoisotopic (exact) mass is 664 g/mol. The fourth-order valence-corrected chi connectivity index (χ4v) is 8.74. The van der Waals surface area contributed by atoms with Gasteiger partial charge < -0.3 is 28.4 Å². The number of hydrogen-bond acceptors (Lipinski definition) is 10. The molecule has 0 N–H and O–H groups in total. The molecule has 0 amide bonds. The van der Waals surface area contributed by atoms with Gasteiger partial charge in [-0.15, -0.1) is 0 Å². The first kappa shape index (κ1) is 30.6. The Morgan fingerprint density at radius 3 is 1.26 bits per heavy atom. The van der Waals surface area contributed by atoms with E-state index in [1.807, 2.05) is 0 Å². The molecule has 4 aliphatic carbocycles. The summed E-state index contributed by atoms with van der Waals surface area (Å²) in [7, 11) is 6.54. The van der Waals surface area contributed by atoms with E-state index >= 15 is 0 Å². The van der Waals surface area contributed by atoms with Crippen molar-refractivity contribution in [2.24, 2.45) is 11.8 Å². The van der Waals surface area contributed by atoms with Crippen molar-refractivity contribution in [2.75, 3.05) is 28.4 Å². The third-order valence-electron chi connectivity index (χ3n) is 9.84. The van der Waals surface area contributed by atoms with Gasteiger partial charge >= 0.3 is 0 Å². The van der Waals surface area contributed by atoms with Crippen molar-refractivity contribution in [1.29, 1.82) is 0 Å². The zero-order chi connectivity index (χ0) is 32.1. The summed E-state index contributed by atoms with van der Waals surface area (Å²) in [6.07, 6.45) is 9.31. The van der Waals surface area contributed by atoms with Crippen molar-refractivity contribution in [3.8, 4) is 46.3 Å². The summed E-state index contributed by atoms with van der Waals surface area (Å²) in [5, 5.41) is 0.564. The Bertz CT molecular complexity index is 1600. The molecular formula is C34H34Cl2N4O6. The van der Waals surface area contributed by atoms with Crippen LogP contribution in [-0.4, -0.2) is 48.4 Å². The third-order valence-corrected chi connectivity index (χ3v) is 10.3. The van der Waals surface area contributed by atoms with Crippen LogP contribution in [-0.2, 0) is 10.8 Å². The largest absolute Gasteiger partial charge is 0.493 e. The Hall–Kier alpha value is -4.02. The van der Waals surface area contributed by atoms with Gasteiger partial charge in [0.2, 0.25) is 23.3 Å². The number of aromatic nitrogens is 4. The fourth-order valence-electron chi connectivity index (χ4n) is 8.47. The number of methoxy groups -OCH3 is 4. The standard InChI is InChI=1S/C34H34Cl2N4O6/c1-41-23-6-21(7-24(42-2)31(23)45-29-10-27(35)37-17-39-29)33-12-19-5-20(13-33)15-34(14-19,16-33)22-8-25(43-3)32(26(9-22)44-4)46-30-11-28(36)38-18-40-30/h6-11,17-20H,5,12-16H2,1-4H3. The number of hydrogen-bond donors (Lipinski definition) is 0. The highest BCUT2D eigenvalue weighted by molar-refractivity contribution is 6.29. The van der Waals surface area contributed by atoms with Crippen LogP contribution in [0.4, 0.5) is 0 Å². The van der Waals surface area contributed by atoms with Crippen LogP contribution in [0.2, 0.25) is 10.3 Å². The summed E-state index contributed by atoms with van der Waals surface area (Å²) in [5.41, 5.74) is 2.23. The predicted molar refractivity (Wildman–Crippen MR) is 171 cm³/mol. The highest BCUT2D eigenvalue weighted by Crippen LogP contribution is 2.67. The van der Waals surface area contributed by atoms with Gasteiger partial charge in [0.15, 0.2) is 23.0 Å². The minimum atomic E-state index is -0.0747. The van der Waals surface area contributed by atoms with Crippen molar-refractivity contribution in [3.05, 3.63) is 70.5 Å². The maximum Gasteiger partial charge on any atom is 0.224 e. The quantitative estimate of drug-likeness (QED) is 0.155. The molecule has 4 aromatic rings. The van der Waals surface area contributed by atoms with Gasteiger partial charge in [0.25, 0.3) is 0 Å². The number of benzene rings is 2. The van der Waals surface area contributed by atoms with E-state index in [2.05, 4.69) is 44.2 Å². The maximum absolute atomic E-state index is 6.14. The van der Waals surface area contributed by atoms with Gasteiger partial charge in [-0.25, -0.2) is 19.9 Å². The van der Waals surface area contributed by atoms with Crippen molar-refractivity contribution in [2.45, 2.75) is 49.4 Å². The number of ether oxygens (including phenoxy) is 6. The molecule has 46 heavy (non-hydrogen) atoms. The summed E-state index contributed by atoms with van der Waals surface area (Å²) in [5.74, 6) is 4.93. The summed E-state index contributed by atoms with van der Waals surface area (Å²) in [6.45, 7) is 0. The molecule has 4 bridgehead atoms. The Morgan fingerprint density at radius 2 is 0.935 bits per heavy atom. The first-order chi connectivity index (χ1) is 22.3. The van der Waals surface area contributed by atoms with Crippen LogP contribution in [0.3, 0.4) is 0 Å². The first-order valence-electron chi connectivity index (χ1n) is 15.1. The number of halogens is 2. The Balaban J connectivity index is 1.28. The van der Waals surface area contributed by atoms with E-state index in [9.17, 15) is 0 Å². The molecule has 8 rings (SSSR count). The van der Waals surface area contributed by atoms with E-state index in [-0.39, 0.29) is 21.1 Å². The molecule has 2 aromatic heterocycles. The summed E-state index contributed by atoms with van der Waals surface area (Å²) < 4.78 is 35.8. The maximum atomic E-state index is 6.14. The Morgan fingerprint density at radius 1 is 0.565 bits per heavy atom. The number of rotatable bonds is 10. The van der Waals surface area contributed by atoms with E-state index in [1.165, 1.54) is 30.2 Å². The van der Waals surface area contributed by atoms with E-state index in [4.69, 9.17) is 51.6 Å². The van der Waals surface area contributed by atoms with E-state index < -0.39 is 0 Å². The van der Waals surface area contributed by atoms with Crippen LogP contribution in [0.1, 0.15) is 49.7 Å². The van der Waals surface area contributed by atoms with Crippen molar-refractivity contribution in [1.82, 2.24) is 19.9 Å². The molecule has 0 unspecified atom stereocenters. The third kappa shape index (κ3) is 5.41. The van der Waals surface area contributed by atoms with E-state index in [1.54, 1.807) is 40.6 Å². The SMILES string of the molecule is COc1cc(C23CC4CC(C2)CC(c2cc(OC)c(Oc5cc(Cl)ncn5)c(OC)c2)(C4)C3)cc(OC)c1Oc1cc(Cl)ncn1. The van der Waals surface area contributed by atoms with Crippen LogP contribution >= 0.6 is 23.2 Å². The molecule has 0 radical (unpaired) electrons. The van der Waals surface area contributed by atoms with Gasteiger partial charge in [-0.3, -0.25) is 0 Å². The topological polar surface area (TPSA) is 107 Å². The number of nitrogens with zero attached hydrogens (tertiary/aromatic N) is 4. The molecular weight excluding hydrogens is 631 g/mol. The minimum absolute atomic E-state index is 0.0747. The van der Waals surface area contributed by atoms with Crippen LogP contribution in [0.15, 0.2) is 49.1 Å². The molecule has 12 heteroatoms. The minimum Gasteiger partial charge on any atom is -0.493 e. The molecule has 0 saturated heterocycles. The highest BCUT2D eigenvalue weighted by Gasteiger charge is 2.59. The van der Waals surface area contributed by atoms with Crippen LogP contribution in [0.25, 0.3) is 0 Å². The van der Waals surface area contributed by atoms with Gasteiger partial charge in [-0.1, -0.05) is 23.2 Å². The first-order valence-corrected chi connectivity index (χ1v) is 15.9. The zero-order valence-corrected chi connectivity index (χ0v) is 27.5. The second-order valence-electron chi connectivity index (χ2n) is 12.5. The van der Waals surface area contributed by atoms with E-state index in [0.717, 1.165) is 32.1 Å². The van der Waals surface area contributed by atoms with Gasteiger partial charge in [0.05, 0.1) is 28.4 Å². The van der Waals surface area contributed by atoms with E-state index in [0.29, 0.717) is 58.1 Å². The molecule has 240 valence electrons. The van der Waals surface area contributed by atoms with Gasteiger partial charge in [-0.05, 0) is 96.6 Å². The predicted octanol–water partition coefficient (Wildman–Crippen LogP) is 7.98. The van der Waals surface area contributed by atoms with Crippen LogP contribution < -0.4 is 28.4 Å². The lowest BCUT2D eigenvalue weighted by Gasteiger charge is -2.62. The molecule has 2 aromatic carbocycles. The average molecular weight is 666 g/mol.